The van der Waals surface area contributed by atoms with Gasteiger partial charge in [0.15, 0.2) is 11.6 Å². The second kappa shape index (κ2) is 14.2. The summed E-state index contributed by atoms with van der Waals surface area (Å²) in [6.45, 7) is 2.76. The van der Waals surface area contributed by atoms with Gasteiger partial charge in [0.25, 0.3) is 5.91 Å². The second-order valence-corrected chi connectivity index (χ2v) is 13.8. The maximum Gasteiger partial charge on any atom is 0.390 e. The van der Waals surface area contributed by atoms with Crippen LogP contribution in [0, 0.1) is 17.6 Å². The highest BCUT2D eigenvalue weighted by Gasteiger charge is 2.32. The van der Waals surface area contributed by atoms with Crippen LogP contribution in [0.5, 0.6) is 0 Å². The molecule has 2 amide bonds. The molecule has 0 radical (unpaired) electrons. The number of rotatable bonds is 9. The normalized spacial score (nSPS) is 19.0. The molecule has 0 aromatic heterocycles. The molecule has 1 atom stereocenters. The van der Waals surface area contributed by atoms with Crippen LogP contribution in [-0.2, 0) is 21.4 Å². The van der Waals surface area contributed by atoms with Crippen molar-refractivity contribution in [2.75, 3.05) is 55.7 Å². The highest BCUT2D eigenvalue weighted by molar-refractivity contribution is 7.88. The van der Waals surface area contributed by atoms with Gasteiger partial charge in [0, 0.05) is 68.4 Å². The van der Waals surface area contributed by atoms with E-state index in [0.29, 0.717) is 43.2 Å². The molecule has 16 heteroatoms. The van der Waals surface area contributed by atoms with Crippen molar-refractivity contribution in [2.45, 2.75) is 44.9 Å². The number of nitrogens with zero attached hydrogens (tertiary/aromatic N) is 3. The number of sulfonamides is 1. The van der Waals surface area contributed by atoms with Crippen LogP contribution < -0.4 is 15.5 Å². The predicted molar refractivity (Wildman–Crippen MR) is 161 cm³/mol. The number of halogens is 6. The van der Waals surface area contributed by atoms with Crippen LogP contribution in [0.2, 0.25) is 5.02 Å². The zero-order chi connectivity index (χ0) is 33.1. The minimum absolute atomic E-state index is 0.132. The van der Waals surface area contributed by atoms with Crippen molar-refractivity contribution in [1.82, 2.24) is 14.5 Å². The Balaban J connectivity index is 1.39. The second-order valence-electron chi connectivity index (χ2n) is 11.4. The van der Waals surface area contributed by atoms with E-state index in [2.05, 4.69) is 10.6 Å². The van der Waals surface area contributed by atoms with Crippen LogP contribution in [0.4, 0.5) is 33.3 Å². The number of amides is 2. The molecule has 2 N–H and O–H groups in total. The average Bonchev–Trinajstić information content (AvgIpc) is 2.97. The smallest absolute Gasteiger partial charge is 0.367 e. The van der Waals surface area contributed by atoms with Crippen LogP contribution in [0.1, 0.15) is 42.1 Å². The molecule has 2 fully saturated rings. The number of alkyl halides is 3. The van der Waals surface area contributed by atoms with Crippen molar-refractivity contribution in [2.24, 2.45) is 5.92 Å². The maximum atomic E-state index is 15.1. The molecule has 2 aromatic carbocycles. The highest BCUT2D eigenvalue weighted by Crippen LogP contribution is 2.32. The lowest BCUT2D eigenvalue weighted by Gasteiger charge is -2.41. The topological polar surface area (TPSA) is 102 Å². The van der Waals surface area contributed by atoms with Gasteiger partial charge in [0.1, 0.15) is 0 Å². The van der Waals surface area contributed by atoms with E-state index in [0.717, 1.165) is 12.3 Å². The summed E-state index contributed by atoms with van der Waals surface area (Å²) in [6, 6.07) is 6.68. The quantitative estimate of drug-likeness (QED) is 0.375. The molecule has 2 heterocycles. The van der Waals surface area contributed by atoms with E-state index in [1.54, 1.807) is 17.9 Å². The first kappa shape index (κ1) is 34.9. The first-order chi connectivity index (χ1) is 21.0. The van der Waals surface area contributed by atoms with Gasteiger partial charge in [-0.2, -0.15) is 13.2 Å². The summed E-state index contributed by atoms with van der Waals surface area (Å²) in [5, 5.41) is 5.50. The Labute approximate surface area is 263 Å². The fraction of sp³-hybridized carbons (Fsp3) is 0.517. The van der Waals surface area contributed by atoms with Gasteiger partial charge in [-0.1, -0.05) is 17.7 Å². The molecule has 0 bridgehead atoms. The summed E-state index contributed by atoms with van der Waals surface area (Å²) >= 11 is 6.20. The summed E-state index contributed by atoms with van der Waals surface area (Å²) in [7, 11) is -3.36. The lowest BCUT2D eigenvalue weighted by Crippen LogP contribution is -2.52. The predicted octanol–water partition coefficient (Wildman–Crippen LogP) is 4.62. The zero-order valence-electron chi connectivity index (χ0n) is 24.8. The molecule has 248 valence electrons. The lowest BCUT2D eigenvalue weighted by molar-refractivity contribution is -0.139. The average molecular weight is 680 g/mol. The van der Waals surface area contributed by atoms with Crippen LogP contribution in [0.3, 0.4) is 0 Å². The summed E-state index contributed by atoms with van der Waals surface area (Å²) in [5.74, 6) is -4.51. The van der Waals surface area contributed by atoms with Gasteiger partial charge >= 0.3 is 6.18 Å². The number of carbonyl (C=O) groups is 2. The number of nitrogens with one attached hydrogen (secondary N) is 2. The number of piperidine rings is 1. The lowest BCUT2D eigenvalue weighted by atomic mass is 9.97. The van der Waals surface area contributed by atoms with E-state index in [1.807, 2.05) is 4.90 Å². The minimum atomic E-state index is -4.26. The first-order valence-corrected chi connectivity index (χ1v) is 16.6. The molecule has 0 unspecified atom stereocenters. The molecule has 0 saturated carbocycles. The number of anilines is 2. The highest BCUT2D eigenvalue weighted by atomic mass is 35.5. The van der Waals surface area contributed by atoms with Crippen molar-refractivity contribution < 1.29 is 40.0 Å². The Morgan fingerprint density at radius 3 is 2.33 bits per heavy atom. The summed E-state index contributed by atoms with van der Waals surface area (Å²) < 4.78 is 92.9. The molecule has 0 aliphatic carbocycles. The Kier molecular flexibility index (Phi) is 11.0. The van der Waals surface area contributed by atoms with E-state index >= 15 is 4.39 Å². The molecule has 0 spiro atoms. The Bertz CT molecular complexity index is 1520. The molecule has 2 aromatic rings. The third kappa shape index (κ3) is 9.05. The molecule has 4 rings (SSSR count). The van der Waals surface area contributed by atoms with Crippen LogP contribution in [0.25, 0.3) is 0 Å². The monoisotopic (exact) mass is 679 g/mol. The van der Waals surface area contributed by atoms with Gasteiger partial charge < -0.3 is 15.5 Å². The van der Waals surface area contributed by atoms with Crippen LogP contribution >= 0.6 is 11.6 Å². The molecular formula is C29H35ClF5N5O4S. The summed E-state index contributed by atoms with van der Waals surface area (Å²) in [5.41, 5.74) is 0.0108. The number of carbonyl (C=O) groups excluding carboxylic acids is 2. The summed E-state index contributed by atoms with van der Waals surface area (Å²) in [6.07, 6.45) is -3.49. The molecule has 45 heavy (non-hydrogen) atoms. The van der Waals surface area contributed by atoms with Gasteiger partial charge in [0.2, 0.25) is 15.9 Å². The third-order valence-corrected chi connectivity index (χ3v) is 9.69. The summed E-state index contributed by atoms with van der Waals surface area (Å²) in [4.78, 5) is 29.3. The van der Waals surface area contributed by atoms with Crippen molar-refractivity contribution in [3.8, 4) is 0 Å². The molecule has 9 nitrogen and oxygen atoms in total. The van der Waals surface area contributed by atoms with Crippen molar-refractivity contribution in [3.05, 3.63) is 58.1 Å². The maximum absolute atomic E-state index is 15.1. The van der Waals surface area contributed by atoms with Crippen LogP contribution in [0.15, 0.2) is 30.3 Å². The Morgan fingerprint density at radius 1 is 1.02 bits per heavy atom. The largest absolute Gasteiger partial charge is 0.390 e. The number of piperazine rings is 1. The van der Waals surface area contributed by atoms with E-state index in [9.17, 15) is 35.6 Å². The fourth-order valence-corrected chi connectivity index (χ4v) is 6.60. The Morgan fingerprint density at radius 2 is 1.71 bits per heavy atom. The van der Waals surface area contributed by atoms with Crippen molar-refractivity contribution >= 4 is 44.8 Å². The van der Waals surface area contributed by atoms with E-state index in [-0.39, 0.29) is 43.5 Å². The van der Waals surface area contributed by atoms with E-state index < -0.39 is 57.6 Å². The number of hydrogen-bond acceptors (Lipinski definition) is 6. The first-order valence-electron chi connectivity index (χ1n) is 14.4. The van der Waals surface area contributed by atoms with Gasteiger partial charge in [-0.15, -0.1) is 0 Å². The molecule has 2 aliphatic rings. The Hall–Kier alpha value is -3.01. The fourth-order valence-electron chi connectivity index (χ4n) is 5.56. The molecule has 2 saturated heterocycles. The van der Waals surface area contributed by atoms with E-state index in [1.165, 1.54) is 22.5 Å². The van der Waals surface area contributed by atoms with Gasteiger partial charge in [0.05, 0.1) is 29.6 Å². The SMILES string of the molecule is C[C@@H]1CN(c2cc(Cl)ccc2NC(=O)c2ccc(CNC(=O)C3CCN(S(C)(=O)=O)CC3)c(F)c2F)CCN1CCC(F)(F)F. The number of benzene rings is 2. The third-order valence-electron chi connectivity index (χ3n) is 8.15. The zero-order valence-corrected chi connectivity index (χ0v) is 26.3. The minimum Gasteiger partial charge on any atom is -0.367 e. The van der Waals surface area contributed by atoms with Crippen LogP contribution in [-0.4, -0.2) is 87.2 Å². The molecule has 2 aliphatic heterocycles. The number of hydrogen-bond donors (Lipinski definition) is 2. The van der Waals surface area contributed by atoms with Gasteiger partial charge in [-0.3, -0.25) is 14.5 Å². The van der Waals surface area contributed by atoms with Gasteiger partial charge in [-0.25, -0.2) is 21.5 Å². The van der Waals surface area contributed by atoms with Crippen molar-refractivity contribution in [1.29, 1.82) is 0 Å². The van der Waals surface area contributed by atoms with Gasteiger partial charge in [-0.05, 0) is 44.0 Å². The molecular weight excluding hydrogens is 645 g/mol. The standard InChI is InChI=1S/C29H35ClF5N5O4S/c1-18-17-39(14-13-38(18)12-9-29(33,34)35)24-15-21(30)4-6-23(24)37-28(42)22-5-3-20(25(31)26(22)32)16-36-27(41)19-7-10-40(11-8-19)45(2,43)44/h3-6,15,18-19H,7-14,16-17H2,1-2H3,(H,36,41)(H,37,42)/t18-/m1/s1. The van der Waals surface area contributed by atoms with E-state index in [4.69, 9.17) is 11.6 Å². The van der Waals surface area contributed by atoms with Crippen molar-refractivity contribution in [3.63, 3.8) is 0 Å².